The van der Waals surface area contributed by atoms with Gasteiger partial charge in [0, 0.05) is 23.8 Å². The Hall–Kier alpha value is -2.20. The minimum atomic E-state index is -0.559. The Labute approximate surface area is 113 Å². The lowest BCUT2D eigenvalue weighted by molar-refractivity contribution is 0.621. The molecule has 2 heterocycles. The van der Waals surface area contributed by atoms with Crippen LogP contribution >= 0.6 is 11.3 Å². The molecule has 2 aromatic rings. The van der Waals surface area contributed by atoms with Gasteiger partial charge < -0.3 is 0 Å². The Bertz CT molecular complexity index is 792. The lowest BCUT2D eigenvalue weighted by Gasteiger charge is -2.09. The third kappa shape index (κ3) is 2.22. The van der Waals surface area contributed by atoms with Gasteiger partial charge in [-0.3, -0.25) is 13.9 Å². The fourth-order valence-corrected chi connectivity index (χ4v) is 2.51. The summed E-state index contributed by atoms with van der Waals surface area (Å²) in [4.78, 5) is 28.4. The quantitative estimate of drug-likeness (QED) is 0.801. The Balaban J connectivity index is 2.65. The molecule has 0 saturated heterocycles. The van der Waals surface area contributed by atoms with Gasteiger partial charge in [-0.05, 0) is 13.8 Å². The molecule has 6 nitrogen and oxygen atoms in total. The summed E-state index contributed by atoms with van der Waals surface area (Å²) in [7, 11) is 1.54. The van der Waals surface area contributed by atoms with Gasteiger partial charge >= 0.3 is 5.69 Å². The van der Waals surface area contributed by atoms with Crippen molar-refractivity contribution in [3.63, 3.8) is 0 Å². The first-order chi connectivity index (χ1) is 8.95. The third-order valence-electron chi connectivity index (χ3n) is 2.91. The molecule has 0 amide bonds. The van der Waals surface area contributed by atoms with Crippen LogP contribution < -0.4 is 11.2 Å². The molecule has 2 rings (SSSR count). The first-order valence-corrected chi connectivity index (χ1v) is 6.45. The van der Waals surface area contributed by atoms with Crippen molar-refractivity contribution in [2.75, 3.05) is 0 Å². The smallest absolute Gasteiger partial charge is 0.300 e. The zero-order chi connectivity index (χ0) is 14.2. The molecule has 0 aliphatic carbocycles. The van der Waals surface area contributed by atoms with E-state index in [-0.39, 0.29) is 12.1 Å². The first-order valence-electron chi connectivity index (χ1n) is 5.57. The van der Waals surface area contributed by atoms with Gasteiger partial charge in [0.05, 0.1) is 6.54 Å². The monoisotopic (exact) mass is 276 g/mol. The van der Waals surface area contributed by atoms with Crippen molar-refractivity contribution >= 4 is 11.3 Å². The number of aryl methyl sites for hydroxylation is 1. The molecule has 0 bridgehead atoms. The maximum absolute atomic E-state index is 12.1. The van der Waals surface area contributed by atoms with Crippen molar-refractivity contribution in [2.45, 2.75) is 20.4 Å². The first kappa shape index (κ1) is 13.2. The second kappa shape index (κ2) is 4.82. The number of nitrogens with zero attached hydrogens (tertiary/aromatic N) is 4. The van der Waals surface area contributed by atoms with E-state index in [0.29, 0.717) is 10.7 Å². The zero-order valence-corrected chi connectivity index (χ0v) is 11.6. The molecule has 0 aromatic carbocycles. The van der Waals surface area contributed by atoms with E-state index < -0.39 is 11.2 Å². The van der Waals surface area contributed by atoms with E-state index in [4.69, 9.17) is 5.26 Å². The van der Waals surface area contributed by atoms with Gasteiger partial charge in [0.2, 0.25) is 0 Å². The maximum Gasteiger partial charge on any atom is 0.331 e. The van der Waals surface area contributed by atoms with E-state index in [9.17, 15) is 9.59 Å². The summed E-state index contributed by atoms with van der Waals surface area (Å²) in [6.45, 7) is 3.52. The number of hydrogen-bond donors (Lipinski definition) is 0. The molecule has 0 atom stereocenters. The molecule has 0 aliphatic heterocycles. The molecule has 7 heteroatoms. The van der Waals surface area contributed by atoms with E-state index in [0.717, 1.165) is 10.3 Å². The van der Waals surface area contributed by atoms with Gasteiger partial charge in [-0.1, -0.05) is 0 Å². The SMILES string of the molecule is Cc1csc(Cn2c(=O)c(C#N)c(C)n(C)c2=O)n1. The van der Waals surface area contributed by atoms with Gasteiger partial charge in [-0.15, -0.1) is 11.3 Å². The second-order valence-corrected chi connectivity index (χ2v) is 5.13. The molecule has 0 N–H and O–H groups in total. The van der Waals surface area contributed by atoms with Crippen molar-refractivity contribution in [3.8, 4) is 6.07 Å². The average Bonchev–Trinajstić information content (AvgIpc) is 2.79. The summed E-state index contributed by atoms with van der Waals surface area (Å²) < 4.78 is 2.35. The zero-order valence-electron chi connectivity index (χ0n) is 10.8. The lowest BCUT2D eigenvalue weighted by Crippen LogP contribution is -2.41. The van der Waals surface area contributed by atoms with E-state index in [1.165, 1.54) is 15.9 Å². The number of hydrogen-bond acceptors (Lipinski definition) is 5. The number of aromatic nitrogens is 3. The Morgan fingerprint density at radius 3 is 2.63 bits per heavy atom. The van der Waals surface area contributed by atoms with Gasteiger partial charge in [0.1, 0.15) is 16.6 Å². The minimum Gasteiger partial charge on any atom is -0.300 e. The molecule has 0 fully saturated rings. The molecule has 0 unspecified atom stereocenters. The van der Waals surface area contributed by atoms with Crippen LogP contribution in [0.4, 0.5) is 0 Å². The average molecular weight is 276 g/mol. The van der Waals surface area contributed by atoms with Crippen LogP contribution in [0.2, 0.25) is 0 Å². The van der Waals surface area contributed by atoms with Crippen LogP contribution in [0.3, 0.4) is 0 Å². The van der Waals surface area contributed by atoms with E-state index in [1.807, 2.05) is 18.4 Å². The summed E-state index contributed by atoms with van der Waals surface area (Å²) in [5, 5.41) is 11.5. The topological polar surface area (TPSA) is 80.7 Å². The molecular weight excluding hydrogens is 264 g/mol. The van der Waals surface area contributed by atoms with Crippen LogP contribution in [0.5, 0.6) is 0 Å². The highest BCUT2D eigenvalue weighted by Gasteiger charge is 2.15. The summed E-state index contributed by atoms with van der Waals surface area (Å²) in [5.41, 5.74) is 0.224. The highest BCUT2D eigenvalue weighted by molar-refractivity contribution is 7.09. The normalized spacial score (nSPS) is 10.4. The van der Waals surface area contributed by atoms with Crippen molar-refractivity contribution in [1.82, 2.24) is 14.1 Å². The van der Waals surface area contributed by atoms with E-state index in [2.05, 4.69) is 4.98 Å². The molecule has 19 heavy (non-hydrogen) atoms. The number of rotatable bonds is 2. The Morgan fingerprint density at radius 2 is 2.11 bits per heavy atom. The summed E-state index contributed by atoms with van der Waals surface area (Å²) in [5.74, 6) is 0. The number of nitriles is 1. The number of thiazole rings is 1. The molecular formula is C12H12N4O2S. The van der Waals surface area contributed by atoms with Crippen LogP contribution in [-0.2, 0) is 13.6 Å². The van der Waals surface area contributed by atoms with Gasteiger partial charge in [0.25, 0.3) is 5.56 Å². The van der Waals surface area contributed by atoms with Crippen molar-refractivity contribution < 1.29 is 0 Å². The lowest BCUT2D eigenvalue weighted by atomic mass is 10.2. The molecule has 2 aromatic heterocycles. The van der Waals surface area contributed by atoms with E-state index in [1.54, 1.807) is 14.0 Å². The Morgan fingerprint density at radius 1 is 1.42 bits per heavy atom. The van der Waals surface area contributed by atoms with E-state index >= 15 is 0 Å². The summed E-state index contributed by atoms with van der Waals surface area (Å²) in [6, 6.07) is 1.85. The minimum absolute atomic E-state index is 0.00428. The van der Waals surface area contributed by atoms with Gasteiger partial charge in [-0.2, -0.15) is 5.26 Å². The standard InChI is InChI=1S/C12H12N4O2S/c1-7-6-19-10(14-7)5-16-11(17)9(4-13)8(2)15(3)12(16)18/h6H,5H2,1-3H3. The Kier molecular flexibility index (Phi) is 3.36. The van der Waals surface area contributed by atoms with Crippen LogP contribution in [0, 0.1) is 25.2 Å². The van der Waals surface area contributed by atoms with Crippen molar-refractivity contribution in [3.05, 3.63) is 48.2 Å². The highest BCUT2D eigenvalue weighted by Crippen LogP contribution is 2.09. The molecule has 0 saturated carbocycles. The molecule has 0 aliphatic rings. The predicted molar refractivity (Wildman–Crippen MR) is 71.3 cm³/mol. The largest absolute Gasteiger partial charge is 0.331 e. The van der Waals surface area contributed by atoms with Crippen molar-refractivity contribution in [2.24, 2.45) is 7.05 Å². The second-order valence-electron chi connectivity index (χ2n) is 4.19. The van der Waals surface area contributed by atoms with Crippen LogP contribution in [-0.4, -0.2) is 14.1 Å². The maximum atomic E-state index is 12.1. The fraction of sp³-hybridized carbons (Fsp3) is 0.333. The van der Waals surface area contributed by atoms with Gasteiger partial charge in [0.15, 0.2) is 0 Å². The van der Waals surface area contributed by atoms with Crippen molar-refractivity contribution in [1.29, 1.82) is 5.26 Å². The third-order valence-corrected chi connectivity index (χ3v) is 3.86. The fourth-order valence-electron chi connectivity index (χ4n) is 1.75. The highest BCUT2D eigenvalue weighted by atomic mass is 32.1. The molecule has 0 radical (unpaired) electrons. The van der Waals surface area contributed by atoms with Crippen LogP contribution in [0.1, 0.15) is 22.0 Å². The molecule has 0 spiro atoms. The van der Waals surface area contributed by atoms with Gasteiger partial charge in [-0.25, -0.2) is 9.78 Å². The summed E-state index contributed by atoms with van der Waals surface area (Å²) >= 11 is 1.38. The predicted octanol–water partition coefficient (Wildman–Crippen LogP) is 0.540. The summed E-state index contributed by atoms with van der Waals surface area (Å²) in [6.07, 6.45) is 0. The van der Waals surface area contributed by atoms with Crippen LogP contribution in [0.15, 0.2) is 15.0 Å². The molecule has 98 valence electrons. The van der Waals surface area contributed by atoms with Crippen LogP contribution in [0.25, 0.3) is 0 Å².